The van der Waals surface area contributed by atoms with Crippen molar-refractivity contribution in [2.45, 2.75) is 95.7 Å². The number of allylic oxidation sites excluding steroid dienone is 3. The van der Waals surface area contributed by atoms with Crippen molar-refractivity contribution < 1.29 is 28.9 Å². The number of thiol groups is 1. The average molecular weight is 619 g/mol. The van der Waals surface area contributed by atoms with Gasteiger partial charge in [-0.2, -0.15) is 12.6 Å². The molecule has 0 aliphatic carbocycles. The summed E-state index contributed by atoms with van der Waals surface area (Å²) in [6.07, 6.45) is 5.00. The summed E-state index contributed by atoms with van der Waals surface area (Å²) in [4.78, 5) is 28.0. The Kier molecular flexibility index (Phi) is 9.48. The Balaban J connectivity index is 1.77. The molecule has 3 aliphatic heterocycles. The van der Waals surface area contributed by atoms with Crippen LogP contribution in [0.5, 0.6) is 0 Å². The van der Waals surface area contributed by atoms with Crippen molar-refractivity contribution in [2.75, 3.05) is 11.9 Å². The number of hydrogen-bond acceptors (Lipinski definition) is 8. The Morgan fingerprint density at radius 1 is 1.33 bits per heavy atom. The van der Waals surface area contributed by atoms with Gasteiger partial charge in [-0.25, -0.2) is 0 Å². The predicted molar refractivity (Wildman–Crippen MR) is 167 cm³/mol. The minimum absolute atomic E-state index is 0.119. The number of ether oxygens (including phenoxy) is 3. The van der Waals surface area contributed by atoms with Crippen LogP contribution in [0.4, 0.5) is 5.69 Å². The van der Waals surface area contributed by atoms with Crippen molar-refractivity contribution in [3.05, 3.63) is 64.5 Å². The monoisotopic (exact) mass is 618 g/mol. The van der Waals surface area contributed by atoms with Gasteiger partial charge in [-0.15, -0.1) is 0 Å². The first-order valence-electron chi connectivity index (χ1n) is 14.4. The van der Waals surface area contributed by atoms with Crippen molar-refractivity contribution in [2.24, 2.45) is 11.8 Å². The van der Waals surface area contributed by atoms with Crippen molar-refractivity contribution in [3.8, 4) is 0 Å². The molecular formula is C32H43ClN2O6S. The van der Waals surface area contributed by atoms with E-state index in [4.69, 9.17) is 25.8 Å². The molecule has 4 bridgehead atoms. The molecular weight excluding hydrogens is 576 g/mol. The number of aliphatic hydroxyl groups is 1. The molecule has 3 heterocycles. The second-order valence-corrected chi connectivity index (χ2v) is 13.4. The Morgan fingerprint density at radius 2 is 2.02 bits per heavy atom. The van der Waals surface area contributed by atoms with Crippen LogP contribution >= 0.6 is 24.2 Å². The molecule has 1 amide bonds. The van der Waals surface area contributed by atoms with Crippen LogP contribution in [0.25, 0.3) is 0 Å². The molecule has 1 aromatic rings. The molecule has 10 heteroatoms. The fraction of sp³-hybridized carbons (Fsp3) is 0.562. The zero-order valence-corrected chi connectivity index (χ0v) is 27.1. The van der Waals surface area contributed by atoms with Gasteiger partial charge in [0.25, 0.3) is 0 Å². The third-order valence-corrected chi connectivity index (χ3v) is 9.46. The summed E-state index contributed by atoms with van der Waals surface area (Å²) < 4.78 is 18.1. The highest BCUT2D eigenvalue weighted by atomic mass is 35.5. The van der Waals surface area contributed by atoms with Gasteiger partial charge in [0.1, 0.15) is 23.5 Å². The number of amides is 1. The molecule has 8 atom stereocenters. The molecule has 1 aromatic carbocycles. The number of hydrogen-bond donors (Lipinski definition) is 3. The van der Waals surface area contributed by atoms with Crippen LogP contribution in [0.1, 0.15) is 58.6 Å². The summed E-state index contributed by atoms with van der Waals surface area (Å²) in [6, 6.07) is 3.93. The quantitative estimate of drug-likeness (QED) is 0.236. The number of esters is 1. The van der Waals surface area contributed by atoms with E-state index < -0.39 is 40.9 Å². The Bertz CT molecular complexity index is 1310. The third-order valence-electron chi connectivity index (χ3n) is 8.76. The highest BCUT2D eigenvalue weighted by molar-refractivity contribution is 7.81. The standard InChI is InChI=1S/C32H43ClN2O6S/c1-17-10-9-11-19(3)32(38)16-25(39-22(6)34-32)20(4)29-31(7,41-29)26(40-30(37)21(5)42)15-27(36)35(8)24-14-23(12-17)13-18(2)28(24)33/h9-11,13-14,19-21,25-26,29,34,38,42H,6,12,15-16H2,1-5,7-8H3/b11-9+,17-10+. The largest absolute Gasteiger partial charge is 0.476 e. The van der Waals surface area contributed by atoms with Crippen LogP contribution in [0, 0.1) is 18.8 Å². The van der Waals surface area contributed by atoms with Gasteiger partial charge < -0.3 is 29.5 Å². The lowest BCUT2D eigenvalue weighted by molar-refractivity contribution is -0.152. The summed E-state index contributed by atoms with van der Waals surface area (Å²) >= 11 is 10.9. The topological polar surface area (TPSA) is 101 Å². The number of benzene rings is 1. The number of rotatable bonds is 2. The summed E-state index contributed by atoms with van der Waals surface area (Å²) in [7, 11) is 1.67. The molecule has 8 unspecified atom stereocenters. The van der Waals surface area contributed by atoms with E-state index >= 15 is 0 Å². The van der Waals surface area contributed by atoms with E-state index in [2.05, 4.69) is 24.5 Å². The van der Waals surface area contributed by atoms with Gasteiger partial charge in [-0.3, -0.25) is 9.59 Å². The van der Waals surface area contributed by atoms with Gasteiger partial charge in [0, 0.05) is 25.3 Å². The number of carbonyl (C=O) groups is 2. The first-order chi connectivity index (χ1) is 19.6. The number of carbonyl (C=O) groups excluding carboxylic acids is 2. The van der Waals surface area contributed by atoms with Crippen LogP contribution in [0.3, 0.4) is 0 Å². The van der Waals surface area contributed by atoms with Crippen LogP contribution in [-0.4, -0.2) is 58.9 Å². The molecule has 2 N–H and O–H groups in total. The van der Waals surface area contributed by atoms with E-state index in [0.29, 0.717) is 17.1 Å². The maximum atomic E-state index is 13.7. The van der Waals surface area contributed by atoms with Crippen LogP contribution in [-0.2, 0) is 30.2 Å². The zero-order chi connectivity index (χ0) is 31.1. The molecule has 3 aliphatic rings. The molecule has 2 saturated heterocycles. The van der Waals surface area contributed by atoms with Crippen molar-refractivity contribution in [1.82, 2.24) is 5.32 Å². The number of nitrogens with one attached hydrogen (secondary N) is 1. The van der Waals surface area contributed by atoms with Gasteiger partial charge in [-0.1, -0.05) is 55.3 Å². The Morgan fingerprint density at radius 3 is 2.69 bits per heavy atom. The molecule has 8 nitrogen and oxygen atoms in total. The minimum Gasteiger partial charge on any atom is -0.476 e. The first-order valence-corrected chi connectivity index (χ1v) is 15.3. The molecule has 0 radical (unpaired) electrons. The average Bonchev–Trinajstić information content (AvgIpc) is 3.60. The molecule has 0 spiro atoms. The summed E-state index contributed by atoms with van der Waals surface area (Å²) in [5, 5.41) is 14.5. The SMILES string of the molecule is C=C1NC2(O)CC(O1)C(C)C1OC1(C)C(OC(=O)C(C)S)CC(=O)N(C)c1cc(cc(C)c1Cl)C/C(C)=C/C=C/C2C. The highest BCUT2D eigenvalue weighted by Gasteiger charge is 2.64. The molecule has 42 heavy (non-hydrogen) atoms. The number of nitrogens with zero attached hydrogens (tertiary/aromatic N) is 1. The normalized spacial score (nSPS) is 36.5. The Labute approximate surface area is 259 Å². The lowest BCUT2D eigenvalue weighted by Crippen LogP contribution is -2.57. The summed E-state index contributed by atoms with van der Waals surface area (Å²) in [5.74, 6) is -1.04. The van der Waals surface area contributed by atoms with E-state index in [1.165, 1.54) is 4.90 Å². The van der Waals surface area contributed by atoms with E-state index in [-0.39, 0.29) is 36.5 Å². The second-order valence-electron chi connectivity index (χ2n) is 12.3. The van der Waals surface area contributed by atoms with E-state index in [1.54, 1.807) is 14.0 Å². The van der Waals surface area contributed by atoms with Crippen LogP contribution < -0.4 is 10.2 Å². The van der Waals surface area contributed by atoms with E-state index in [9.17, 15) is 14.7 Å². The van der Waals surface area contributed by atoms with Crippen LogP contribution in [0.2, 0.25) is 5.02 Å². The maximum Gasteiger partial charge on any atom is 0.318 e. The summed E-state index contributed by atoms with van der Waals surface area (Å²) in [5.41, 5.74) is 1.28. The van der Waals surface area contributed by atoms with Crippen molar-refractivity contribution >= 4 is 41.8 Å². The van der Waals surface area contributed by atoms with E-state index in [1.807, 2.05) is 65.0 Å². The molecule has 0 aromatic heterocycles. The Hall–Kier alpha value is -2.46. The molecule has 0 saturated carbocycles. The van der Waals surface area contributed by atoms with E-state index in [0.717, 1.165) is 16.7 Å². The molecule has 2 fully saturated rings. The van der Waals surface area contributed by atoms with Gasteiger partial charge in [0.2, 0.25) is 5.91 Å². The highest BCUT2D eigenvalue weighted by Crippen LogP contribution is 2.49. The third kappa shape index (κ3) is 6.69. The zero-order valence-electron chi connectivity index (χ0n) is 25.4. The number of epoxide rings is 1. The molecule has 4 rings (SSSR count). The fourth-order valence-electron chi connectivity index (χ4n) is 5.90. The number of fused-ring (bicyclic) bond motifs is 5. The lowest BCUT2D eigenvalue weighted by atomic mass is 9.82. The first kappa shape index (κ1) is 32.5. The van der Waals surface area contributed by atoms with Gasteiger partial charge >= 0.3 is 5.97 Å². The second kappa shape index (κ2) is 12.3. The fourth-order valence-corrected chi connectivity index (χ4v) is 6.19. The number of anilines is 1. The number of aryl methyl sites for hydroxylation is 1. The van der Waals surface area contributed by atoms with Gasteiger partial charge in [0.15, 0.2) is 5.88 Å². The van der Waals surface area contributed by atoms with Crippen LogP contribution in [0.15, 0.2) is 48.4 Å². The smallest absolute Gasteiger partial charge is 0.318 e. The van der Waals surface area contributed by atoms with Gasteiger partial charge in [-0.05, 0) is 57.9 Å². The lowest BCUT2D eigenvalue weighted by Gasteiger charge is -2.44. The summed E-state index contributed by atoms with van der Waals surface area (Å²) in [6.45, 7) is 15.3. The van der Waals surface area contributed by atoms with Crippen molar-refractivity contribution in [3.63, 3.8) is 0 Å². The minimum atomic E-state index is -1.30. The molecule has 230 valence electrons. The van der Waals surface area contributed by atoms with Gasteiger partial charge in [0.05, 0.1) is 28.5 Å². The van der Waals surface area contributed by atoms with Crippen molar-refractivity contribution in [1.29, 1.82) is 0 Å². The number of halogens is 1. The maximum absolute atomic E-state index is 13.7. The predicted octanol–water partition coefficient (Wildman–Crippen LogP) is 5.26.